The van der Waals surface area contributed by atoms with Gasteiger partial charge in [-0.05, 0) is 75.1 Å². The number of hydrogen-bond donors (Lipinski definition) is 0. The van der Waals surface area contributed by atoms with E-state index in [1.165, 1.54) is 4.90 Å². The minimum absolute atomic E-state index is 0.0878. The number of thioether (sulfide) groups is 2. The van der Waals surface area contributed by atoms with Gasteiger partial charge in [0.25, 0.3) is 0 Å². The molecule has 2 saturated heterocycles. The van der Waals surface area contributed by atoms with Gasteiger partial charge in [-0.3, -0.25) is 0 Å². The predicted octanol–water partition coefficient (Wildman–Crippen LogP) is 9.32. The molecule has 8 heteroatoms. The summed E-state index contributed by atoms with van der Waals surface area (Å²) in [5.41, 5.74) is 0.233. The summed E-state index contributed by atoms with van der Waals surface area (Å²) in [4.78, 5) is 1.25. The molecule has 1 unspecified atom stereocenters. The van der Waals surface area contributed by atoms with Crippen molar-refractivity contribution in [2.45, 2.75) is 156 Å². The largest absolute Gasteiger partial charge is 0.413 e. The van der Waals surface area contributed by atoms with Gasteiger partial charge in [-0.2, -0.15) is 0 Å². The van der Waals surface area contributed by atoms with Crippen molar-refractivity contribution in [3.8, 4) is 0 Å². The number of ether oxygens (including phenoxy) is 2. The molecule has 0 spiro atoms. The molecule has 4 nitrogen and oxygen atoms in total. The van der Waals surface area contributed by atoms with Crippen LogP contribution in [-0.4, -0.2) is 57.2 Å². The molecular weight excluding hydrogens is 545 g/mol. The Hall–Kier alpha value is 0.194. The van der Waals surface area contributed by atoms with E-state index >= 15 is 0 Å². The SMILES string of the molecule is CC1O[C@H](Sc2ccccc2)C[C@@H](O[Si](C)(C)C(C)(C)C)[C@H]1S[C@H]1CC[C@H](O[Si](C)(C)C(C)(C)C)[C@H](C)O1. The van der Waals surface area contributed by atoms with Crippen LogP contribution in [0.4, 0.5) is 0 Å². The first-order chi connectivity index (χ1) is 17.4. The minimum atomic E-state index is -1.95. The Morgan fingerprint density at radius 3 is 1.79 bits per heavy atom. The molecule has 1 aromatic carbocycles. The van der Waals surface area contributed by atoms with E-state index in [1.54, 1.807) is 0 Å². The standard InChI is InChI=1S/C30H54O4S2Si2/c1-21-24(33-37(9,10)29(3,4)5)18-19-26(31-21)36-28-22(2)32-27(35-23-16-14-13-15-17-23)20-25(28)34-38(11,12)30(6,7)8/h13-17,21-22,24-28H,18-20H2,1-12H3/t21-,22?,24-,25+,26-,27+,28-/m0/s1. The van der Waals surface area contributed by atoms with Gasteiger partial charge in [0.2, 0.25) is 0 Å². The zero-order chi connectivity index (χ0) is 28.5. The molecule has 3 rings (SSSR count). The normalized spacial score (nSPS) is 31.8. The third kappa shape index (κ3) is 8.37. The summed E-state index contributed by atoms with van der Waals surface area (Å²) in [7, 11) is -3.78. The molecule has 0 aromatic heterocycles. The summed E-state index contributed by atoms with van der Waals surface area (Å²) in [6, 6.07) is 10.6. The lowest BCUT2D eigenvalue weighted by atomic mass is 10.1. The van der Waals surface area contributed by atoms with Crippen molar-refractivity contribution in [3.63, 3.8) is 0 Å². The zero-order valence-electron chi connectivity index (χ0n) is 26.0. The molecule has 0 radical (unpaired) electrons. The molecule has 38 heavy (non-hydrogen) atoms. The van der Waals surface area contributed by atoms with E-state index in [0.717, 1.165) is 19.3 Å². The van der Waals surface area contributed by atoms with Gasteiger partial charge in [-0.1, -0.05) is 71.5 Å². The second-order valence-corrected chi connectivity index (χ2v) is 26.3. The number of benzene rings is 1. The Bertz CT molecular complexity index is 884. The Balaban J connectivity index is 1.71. The Kier molecular flexibility index (Phi) is 10.8. The first-order valence-electron chi connectivity index (χ1n) is 14.4. The van der Waals surface area contributed by atoms with E-state index in [0.29, 0.717) is 0 Å². The second-order valence-electron chi connectivity index (χ2n) is 14.2. The third-order valence-electron chi connectivity index (χ3n) is 9.02. The van der Waals surface area contributed by atoms with E-state index < -0.39 is 16.6 Å². The molecular formula is C30H54O4S2Si2. The minimum Gasteiger partial charge on any atom is -0.413 e. The molecule has 2 aliphatic heterocycles. The maximum absolute atomic E-state index is 7.14. The molecule has 7 atom stereocenters. The van der Waals surface area contributed by atoms with Crippen molar-refractivity contribution >= 4 is 40.2 Å². The maximum Gasteiger partial charge on any atom is 0.192 e. The van der Waals surface area contributed by atoms with E-state index in [4.69, 9.17) is 18.3 Å². The zero-order valence-corrected chi connectivity index (χ0v) is 29.6. The molecule has 0 bridgehead atoms. The lowest BCUT2D eigenvalue weighted by molar-refractivity contribution is -0.0736. The van der Waals surface area contributed by atoms with Crippen molar-refractivity contribution in [3.05, 3.63) is 30.3 Å². The van der Waals surface area contributed by atoms with E-state index in [2.05, 4.69) is 112 Å². The highest BCUT2D eigenvalue weighted by atomic mass is 32.2. The molecule has 2 fully saturated rings. The molecule has 0 N–H and O–H groups in total. The van der Waals surface area contributed by atoms with Gasteiger partial charge >= 0.3 is 0 Å². The molecule has 218 valence electrons. The van der Waals surface area contributed by atoms with Gasteiger partial charge < -0.3 is 18.3 Å². The van der Waals surface area contributed by atoms with Crippen LogP contribution in [0.15, 0.2) is 35.2 Å². The maximum atomic E-state index is 7.14. The Morgan fingerprint density at radius 2 is 1.26 bits per heavy atom. The number of hydrogen-bond acceptors (Lipinski definition) is 6. The van der Waals surface area contributed by atoms with Crippen LogP contribution in [0.2, 0.25) is 36.3 Å². The van der Waals surface area contributed by atoms with Crippen LogP contribution in [0.25, 0.3) is 0 Å². The fourth-order valence-electron chi connectivity index (χ4n) is 4.51. The van der Waals surface area contributed by atoms with Crippen LogP contribution >= 0.6 is 23.5 Å². The summed E-state index contributed by atoms with van der Waals surface area (Å²) >= 11 is 3.76. The second kappa shape index (κ2) is 12.6. The van der Waals surface area contributed by atoms with E-state index in [-0.39, 0.29) is 50.6 Å². The van der Waals surface area contributed by atoms with Crippen LogP contribution in [-0.2, 0) is 18.3 Å². The fraction of sp³-hybridized carbons (Fsp3) is 0.800. The molecule has 0 amide bonds. The Labute approximate surface area is 244 Å². The van der Waals surface area contributed by atoms with Crippen molar-refractivity contribution in [2.75, 3.05) is 0 Å². The van der Waals surface area contributed by atoms with Crippen LogP contribution in [0, 0.1) is 0 Å². The first-order valence-corrected chi connectivity index (χ1v) is 22.1. The summed E-state index contributed by atoms with van der Waals surface area (Å²) < 4.78 is 27.2. The third-order valence-corrected chi connectivity index (χ3v) is 20.8. The van der Waals surface area contributed by atoms with E-state index in [9.17, 15) is 0 Å². The predicted molar refractivity (Wildman–Crippen MR) is 170 cm³/mol. The van der Waals surface area contributed by atoms with Crippen LogP contribution in [0.1, 0.15) is 74.7 Å². The monoisotopic (exact) mass is 598 g/mol. The molecule has 2 heterocycles. The van der Waals surface area contributed by atoms with Gasteiger partial charge in [0.15, 0.2) is 16.6 Å². The highest BCUT2D eigenvalue weighted by molar-refractivity contribution is 8.00. The van der Waals surface area contributed by atoms with Gasteiger partial charge in [-0.25, -0.2) is 0 Å². The van der Waals surface area contributed by atoms with E-state index in [1.807, 2.05) is 23.5 Å². The van der Waals surface area contributed by atoms with Crippen molar-refractivity contribution in [2.24, 2.45) is 0 Å². The summed E-state index contributed by atoms with van der Waals surface area (Å²) in [6.45, 7) is 27.8. The summed E-state index contributed by atoms with van der Waals surface area (Å²) in [5.74, 6) is 0. The first kappa shape index (κ1) is 32.7. The summed E-state index contributed by atoms with van der Waals surface area (Å²) in [5, 5.41) is 0.609. The quantitative estimate of drug-likeness (QED) is 0.278. The van der Waals surface area contributed by atoms with Crippen LogP contribution in [0.3, 0.4) is 0 Å². The average molecular weight is 599 g/mol. The highest BCUT2D eigenvalue weighted by Gasteiger charge is 2.47. The Morgan fingerprint density at radius 1 is 0.737 bits per heavy atom. The van der Waals surface area contributed by atoms with Gasteiger partial charge in [-0.15, -0.1) is 11.8 Å². The fourth-order valence-corrected chi connectivity index (χ4v) is 10.0. The molecule has 1 aromatic rings. The van der Waals surface area contributed by atoms with Crippen LogP contribution < -0.4 is 0 Å². The van der Waals surface area contributed by atoms with Gasteiger partial charge in [0.05, 0.1) is 29.7 Å². The summed E-state index contributed by atoms with van der Waals surface area (Å²) in [6.07, 6.45) is 3.46. The lowest BCUT2D eigenvalue weighted by Gasteiger charge is -2.48. The number of rotatable bonds is 8. The van der Waals surface area contributed by atoms with Gasteiger partial charge in [0, 0.05) is 11.3 Å². The molecule has 2 aliphatic rings. The van der Waals surface area contributed by atoms with Gasteiger partial charge in [0.1, 0.15) is 10.9 Å². The smallest absolute Gasteiger partial charge is 0.192 e. The molecule has 0 aliphatic carbocycles. The van der Waals surface area contributed by atoms with Crippen molar-refractivity contribution in [1.82, 2.24) is 0 Å². The van der Waals surface area contributed by atoms with Crippen molar-refractivity contribution < 1.29 is 18.3 Å². The average Bonchev–Trinajstić information content (AvgIpc) is 2.77. The van der Waals surface area contributed by atoms with Crippen molar-refractivity contribution in [1.29, 1.82) is 0 Å². The highest BCUT2D eigenvalue weighted by Crippen LogP contribution is 2.46. The lowest BCUT2D eigenvalue weighted by Crippen LogP contribution is -2.53. The molecule has 0 saturated carbocycles. The van der Waals surface area contributed by atoms with Crippen LogP contribution in [0.5, 0.6) is 0 Å². The topological polar surface area (TPSA) is 36.9 Å².